The standard InChI is InChI=1S/C13H14N4O3/c14-12-11(13(18)16-5-1-2-6-16)9-4-3-8(17(19)20)7-10(9)15-12/h3-4,7,15H,1-2,5-6,14H2. The first-order valence-electron chi connectivity index (χ1n) is 6.43. The van der Waals surface area contributed by atoms with Crippen molar-refractivity contribution >= 4 is 28.3 Å². The second-order valence-electron chi connectivity index (χ2n) is 4.90. The van der Waals surface area contributed by atoms with Crippen molar-refractivity contribution in [3.05, 3.63) is 33.9 Å². The van der Waals surface area contributed by atoms with Crippen LogP contribution in [-0.4, -0.2) is 33.8 Å². The van der Waals surface area contributed by atoms with E-state index in [9.17, 15) is 14.9 Å². The van der Waals surface area contributed by atoms with Crippen molar-refractivity contribution in [1.82, 2.24) is 9.88 Å². The number of hydrogen-bond acceptors (Lipinski definition) is 4. The van der Waals surface area contributed by atoms with Gasteiger partial charge >= 0.3 is 0 Å². The summed E-state index contributed by atoms with van der Waals surface area (Å²) in [5.41, 5.74) is 6.77. The minimum absolute atomic E-state index is 0.0288. The normalized spacial score (nSPS) is 14.9. The largest absolute Gasteiger partial charge is 0.385 e. The first kappa shape index (κ1) is 12.5. The molecule has 104 valence electrons. The van der Waals surface area contributed by atoms with Crippen molar-refractivity contribution < 1.29 is 9.72 Å². The van der Waals surface area contributed by atoms with Crippen LogP contribution in [0.15, 0.2) is 18.2 Å². The highest BCUT2D eigenvalue weighted by Gasteiger charge is 2.25. The number of nitrogen functional groups attached to an aromatic ring is 1. The molecule has 1 aliphatic heterocycles. The highest BCUT2D eigenvalue weighted by molar-refractivity contribution is 6.11. The van der Waals surface area contributed by atoms with E-state index in [2.05, 4.69) is 4.98 Å². The van der Waals surface area contributed by atoms with Crippen LogP contribution in [0.25, 0.3) is 10.9 Å². The summed E-state index contributed by atoms with van der Waals surface area (Å²) in [6.45, 7) is 1.47. The number of rotatable bonds is 2. The zero-order valence-electron chi connectivity index (χ0n) is 10.8. The Morgan fingerprint density at radius 3 is 2.70 bits per heavy atom. The second kappa shape index (κ2) is 4.52. The minimum atomic E-state index is -0.474. The average molecular weight is 274 g/mol. The molecule has 7 heteroatoms. The fourth-order valence-electron chi connectivity index (χ4n) is 2.63. The summed E-state index contributed by atoms with van der Waals surface area (Å²) >= 11 is 0. The summed E-state index contributed by atoms with van der Waals surface area (Å²) in [4.78, 5) is 27.4. The molecule has 7 nitrogen and oxygen atoms in total. The van der Waals surface area contributed by atoms with Gasteiger partial charge in [-0.1, -0.05) is 0 Å². The van der Waals surface area contributed by atoms with Crippen molar-refractivity contribution in [3.8, 4) is 0 Å². The van der Waals surface area contributed by atoms with Gasteiger partial charge < -0.3 is 15.6 Å². The van der Waals surface area contributed by atoms with Gasteiger partial charge in [0.1, 0.15) is 5.82 Å². The molecule has 0 atom stereocenters. The number of benzene rings is 1. The van der Waals surface area contributed by atoms with Gasteiger partial charge in [-0.2, -0.15) is 0 Å². The van der Waals surface area contributed by atoms with Crippen LogP contribution < -0.4 is 5.73 Å². The molecular weight excluding hydrogens is 260 g/mol. The molecule has 0 aliphatic carbocycles. The Bertz CT molecular complexity index is 701. The van der Waals surface area contributed by atoms with Crippen LogP contribution in [0.5, 0.6) is 0 Å². The topological polar surface area (TPSA) is 105 Å². The lowest BCUT2D eigenvalue weighted by molar-refractivity contribution is -0.384. The Labute approximate surface area is 114 Å². The van der Waals surface area contributed by atoms with Gasteiger partial charge in [-0.05, 0) is 18.9 Å². The number of amides is 1. The molecule has 1 aliphatic rings. The molecule has 1 aromatic heterocycles. The number of aromatic nitrogens is 1. The number of nitro benzene ring substituents is 1. The highest BCUT2D eigenvalue weighted by atomic mass is 16.6. The number of H-pyrrole nitrogens is 1. The lowest BCUT2D eigenvalue weighted by Crippen LogP contribution is -2.28. The molecule has 1 saturated heterocycles. The maximum absolute atomic E-state index is 12.5. The third-order valence-electron chi connectivity index (χ3n) is 3.63. The molecule has 0 spiro atoms. The molecule has 20 heavy (non-hydrogen) atoms. The number of hydrogen-bond donors (Lipinski definition) is 2. The number of aromatic amines is 1. The fourth-order valence-corrected chi connectivity index (χ4v) is 2.63. The van der Waals surface area contributed by atoms with Crippen molar-refractivity contribution in [3.63, 3.8) is 0 Å². The minimum Gasteiger partial charge on any atom is -0.385 e. The second-order valence-corrected chi connectivity index (χ2v) is 4.90. The number of fused-ring (bicyclic) bond motifs is 1. The Kier molecular flexibility index (Phi) is 2.81. The molecule has 2 aromatic rings. The number of nitrogens with zero attached hydrogens (tertiary/aromatic N) is 2. The number of anilines is 1. The third-order valence-corrected chi connectivity index (χ3v) is 3.63. The Balaban J connectivity index is 2.08. The van der Waals surface area contributed by atoms with Gasteiger partial charge in [-0.25, -0.2) is 0 Å². The van der Waals surface area contributed by atoms with Crippen LogP contribution in [0.3, 0.4) is 0 Å². The molecule has 3 rings (SSSR count). The molecule has 0 saturated carbocycles. The van der Waals surface area contributed by atoms with Crippen molar-refractivity contribution in [2.75, 3.05) is 18.8 Å². The van der Waals surface area contributed by atoms with E-state index in [4.69, 9.17) is 5.73 Å². The van der Waals surface area contributed by atoms with Crippen LogP contribution in [0.2, 0.25) is 0 Å². The first-order valence-corrected chi connectivity index (χ1v) is 6.43. The molecular formula is C13H14N4O3. The molecule has 0 radical (unpaired) electrons. The Hall–Kier alpha value is -2.57. The Morgan fingerprint density at radius 1 is 1.35 bits per heavy atom. The number of nitro groups is 1. The summed E-state index contributed by atoms with van der Waals surface area (Å²) < 4.78 is 0. The molecule has 0 unspecified atom stereocenters. The van der Waals surface area contributed by atoms with Crippen LogP contribution >= 0.6 is 0 Å². The van der Waals surface area contributed by atoms with E-state index < -0.39 is 4.92 Å². The van der Waals surface area contributed by atoms with E-state index in [-0.39, 0.29) is 17.4 Å². The van der Waals surface area contributed by atoms with Gasteiger partial charge in [0.15, 0.2) is 0 Å². The van der Waals surface area contributed by atoms with Gasteiger partial charge in [0.25, 0.3) is 11.6 Å². The molecule has 0 bridgehead atoms. The summed E-state index contributed by atoms with van der Waals surface area (Å²) in [5.74, 6) is 0.150. The van der Waals surface area contributed by atoms with Crippen molar-refractivity contribution in [2.45, 2.75) is 12.8 Å². The summed E-state index contributed by atoms with van der Waals surface area (Å²) in [6.07, 6.45) is 2.00. The van der Waals surface area contributed by atoms with Gasteiger partial charge in [0.2, 0.25) is 0 Å². The van der Waals surface area contributed by atoms with Crippen molar-refractivity contribution in [1.29, 1.82) is 0 Å². The monoisotopic (exact) mass is 274 g/mol. The number of likely N-dealkylation sites (tertiary alicyclic amines) is 1. The number of non-ortho nitro benzene ring substituents is 1. The fraction of sp³-hybridized carbons (Fsp3) is 0.308. The van der Waals surface area contributed by atoms with Crippen LogP contribution in [-0.2, 0) is 0 Å². The average Bonchev–Trinajstić information content (AvgIpc) is 3.03. The van der Waals surface area contributed by atoms with Crippen LogP contribution in [0.4, 0.5) is 11.5 Å². The molecule has 2 heterocycles. The molecule has 1 aromatic carbocycles. The van der Waals surface area contributed by atoms with E-state index in [1.807, 2.05) is 0 Å². The van der Waals surface area contributed by atoms with Gasteiger partial charge in [0, 0.05) is 30.6 Å². The molecule has 3 N–H and O–H groups in total. The molecule has 1 fully saturated rings. The predicted molar refractivity (Wildman–Crippen MR) is 74.5 cm³/mol. The highest BCUT2D eigenvalue weighted by Crippen LogP contribution is 2.29. The van der Waals surface area contributed by atoms with Crippen LogP contribution in [0, 0.1) is 10.1 Å². The first-order chi connectivity index (χ1) is 9.58. The predicted octanol–water partition coefficient (Wildman–Crippen LogP) is 1.89. The van der Waals surface area contributed by atoms with E-state index in [1.165, 1.54) is 12.1 Å². The zero-order valence-corrected chi connectivity index (χ0v) is 10.8. The maximum Gasteiger partial charge on any atom is 0.271 e. The maximum atomic E-state index is 12.5. The van der Waals surface area contributed by atoms with E-state index in [0.717, 1.165) is 25.9 Å². The Morgan fingerprint density at radius 2 is 2.05 bits per heavy atom. The summed E-state index contributed by atoms with van der Waals surface area (Å²) in [5, 5.41) is 11.4. The van der Waals surface area contributed by atoms with Crippen LogP contribution in [0.1, 0.15) is 23.2 Å². The smallest absolute Gasteiger partial charge is 0.271 e. The van der Waals surface area contributed by atoms with E-state index in [1.54, 1.807) is 11.0 Å². The quantitative estimate of drug-likeness (QED) is 0.644. The SMILES string of the molecule is Nc1[nH]c2cc([N+](=O)[O-])ccc2c1C(=O)N1CCCC1. The third kappa shape index (κ3) is 1.87. The van der Waals surface area contributed by atoms with Gasteiger partial charge in [0.05, 0.1) is 16.0 Å². The van der Waals surface area contributed by atoms with E-state index >= 15 is 0 Å². The van der Waals surface area contributed by atoms with Crippen molar-refractivity contribution in [2.24, 2.45) is 0 Å². The van der Waals surface area contributed by atoms with Gasteiger partial charge in [-0.15, -0.1) is 0 Å². The number of carbonyl (C=O) groups is 1. The summed E-state index contributed by atoms with van der Waals surface area (Å²) in [6, 6.07) is 4.35. The lowest BCUT2D eigenvalue weighted by Gasteiger charge is -2.14. The van der Waals surface area contributed by atoms with Gasteiger partial charge in [-0.3, -0.25) is 14.9 Å². The zero-order chi connectivity index (χ0) is 14.3. The lowest BCUT2D eigenvalue weighted by atomic mass is 10.1. The summed E-state index contributed by atoms with van der Waals surface area (Å²) in [7, 11) is 0. The number of nitrogens with one attached hydrogen (secondary N) is 1. The number of nitrogens with two attached hydrogens (primary N) is 1. The number of carbonyl (C=O) groups excluding carboxylic acids is 1. The van der Waals surface area contributed by atoms with E-state index in [0.29, 0.717) is 16.5 Å². The molecule has 1 amide bonds.